The molecule has 53 heavy (non-hydrogen) atoms. The molecule has 3 unspecified atom stereocenters. The predicted octanol–water partition coefficient (Wildman–Crippen LogP) is 7.45. The lowest BCUT2D eigenvalue weighted by molar-refractivity contribution is -0.135. The molecule has 1 aromatic heterocycles. The third-order valence-electron chi connectivity index (χ3n) is 9.33. The number of hydrogen-bond donors (Lipinski definition) is 3. The molecule has 11 nitrogen and oxygen atoms in total. The van der Waals surface area contributed by atoms with Crippen LogP contribution in [0, 0.1) is 23.7 Å². The molecular weight excluding hydrogens is 673 g/mol. The molecule has 1 aliphatic rings. The molecule has 0 aliphatic carbocycles. The van der Waals surface area contributed by atoms with Gasteiger partial charge in [0.15, 0.2) is 0 Å². The Morgan fingerprint density at radius 1 is 1.02 bits per heavy atom. The highest BCUT2D eigenvalue weighted by Gasteiger charge is 2.40. The molecule has 0 radical (unpaired) electrons. The van der Waals surface area contributed by atoms with E-state index in [4.69, 9.17) is 4.74 Å². The van der Waals surface area contributed by atoms with Crippen molar-refractivity contribution in [2.45, 2.75) is 73.4 Å². The second kappa shape index (κ2) is 18.7. The zero-order valence-corrected chi connectivity index (χ0v) is 32.4. The largest absolute Gasteiger partial charge is 0.453 e. The van der Waals surface area contributed by atoms with E-state index in [9.17, 15) is 14.4 Å². The normalized spacial score (nSPS) is 16.8. The smallest absolute Gasteiger partial charge is 0.407 e. The van der Waals surface area contributed by atoms with Crippen LogP contribution in [0.3, 0.4) is 0 Å². The number of alkyl carbamates (subject to hydrolysis) is 1. The average molecular weight is 730 g/mol. The molecule has 2 aromatic carbocycles. The van der Waals surface area contributed by atoms with Crippen molar-refractivity contribution in [3.8, 4) is 22.4 Å². The van der Waals surface area contributed by atoms with Crippen molar-refractivity contribution >= 4 is 30.3 Å². The number of hydrogen-bond acceptors (Lipinski definition) is 7. The first kappa shape index (κ1) is 40.8. The van der Waals surface area contributed by atoms with Crippen LogP contribution in [0.15, 0.2) is 65.7 Å². The topological polar surface area (TPSA) is 132 Å². The minimum atomic E-state index is -0.708. The fourth-order valence-electron chi connectivity index (χ4n) is 6.65. The third-order valence-corrected chi connectivity index (χ3v) is 9.33. The van der Waals surface area contributed by atoms with Crippen molar-refractivity contribution in [1.82, 2.24) is 30.4 Å². The van der Waals surface area contributed by atoms with Crippen molar-refractivity contribution in [2.75, 3.05) is 33.3 Å². The van der Waals surface area contributed by atoms with E-state index < -0.39 is 18.1 Å². The van der Waals surface area contributed by atoms with Crippen molar-refractivity contribution in [3.05, 3.63) is 72.1 Å². The van der Waals surface area contributed by atoms with E-state index in [1.807, 2.05) is 81.1 Å². The van der Waals surface area contributed by atoms with Gasteiger partial charge in [-0.15, -0.1) is 0 Å². The van der Waals surface area contributed by atoms with Crippen LogP contribution in [0.4, 0.5) is 9.18 Å². The molecule has 1 saturated heterocycles. The number of halogens is 1. The van der Waals surface area contributed by atoms with Crippen LogP contribution in [0.25, 0.3) is 28.1 Å². The maximum absolute atomic E-state index is 15.3. The van der Waals surface area contributed by atoms with Crippen molar-refractivity contribution in [3.63, 3.8) is 0 Å². The van der Waals surface area contributed by atoms with Gasteiger partial charge in [-0.3, -0.25) is 14.6 Å². The molecule has 0 bridgehead atoms. The number of methoxy groups -OCH3 is 1. The first-order chi connectivity index (χ1) is 25.2. The molecule has 0 spiro atoms. The van der Waals surface area contributed by atoms with Crippen LogP contribution < -0.4 is 10.6 Å². The van der Waals surface area contributed by atoms with Crippen LogP contribution >= 0.6 is 0 Å². The number of ether oxygens (including phenoxy) is 1. The molecule has 2 heterocycles. The van der Waals surface area contributed by atoms with Gasteiger partial charge < -0.3 is 30.2 Å². The Morgan fingerprint density at radius 2 is 1.64 bits per heavy atom. The Bertz CT molecular complexity index is 1730. The number of aromatic amines is 1. The van der Waals surface area contributed by atoms with Gasteiger partial charge in [0.2, 0.25) is 17.8 Å². The minimum absolute atomic E-state index is 0.0749. The van der Waals surface area contributed by atoms with Crippen molar-refractivity contribution < 1.29 is 23.5 Å². The number of carbonyl (C=O) groups excluding carboxylic acids is 3. The monoisotopic (exact) mass is 729 g/mol. The number of amides is 3. The lowest BCUT2D eigenvalue weighted by Crippen LogP contribution is -2.51. The summed E-state index contributed by atoms with van der Waals surface area (Å²) in [5, 5.41) is 5.49. The molecule has 1 aliphatic heterocycles. The molecule has 3 N–H and O–H groups in total. The SMILES string of the molecule is C=N/C(=C(/F)NCCN(CC(C)C)C(=O)CC(C)C)c1ccc(-c2ccc(-c3cnc(C4CC(C)CN4C(=O)C(NC(=O)OC)C(C)C)[nH]3)cc2)cc1. The van der Waals surface area contributed by atoms with Gasteiger partial charge >= 0.3 is 6.09 Å². The van der Waals surface area contributed by atoms with E-state index in [0.717, 1.165) is 28.8 Å². The van der Waals surface area contributed by atoms with E-state index >= 15 is 4.39 Å². The maximum Gasteiger partial charge on any atom is 0.407 e. The summed E-state index contributed by atoms with van der Waals surface area (Å²) < 4.78 is 20.1. The third kappa shape index (κ3) is 10.8. The summed E-state index contributed by atoms with van der Waals surface area (Å²) in [6.45, 7) is 19.5. The Kier molecular flexibility index (Phi) is 14.4. The number of nitrogens with one attached hydrogen (secondary N) is 3. The lowest BCUT2D eigenvalue weighted by atomic mass is 10.0. The van der Waals surface area contributed by atoms with Gasteiger partial charge in [-0.25, -0.2) is 9.78 Å². The van der Waals surface area contributed by atoms with E-state index in [1.54, 1.807) is 11.1 Å². The van der Waals surface area contributed by atoms with E-state index in [0.29, 0.717) is 43.4 Å². The van der Waals surface area contributed by atoms with Crippen LogP contribution in [-0.4, -0.2) is 83.7 Å². The van der Waals surface area contributed by atoms with Crippen molar-refractivity contribution in [2.24, 2.45) is 28.7 Å². The van der Waals surface area contributed by atoms with Gasteiger partial charge in [0.25, 0.3) is 0 Å². The molecule has 12 heteroatoms. The Balaban J connectivity index is 1.43. The summed E-state index contributed by atoms with van der Waals surface area (Å²) in [7, 11) is 1.28. The number of imidazole rings is 1. The van der Waals surface area contributed by atoms with E-state index in [-0.39, 0.29) is 47.9 Å². The first-order valence-electron chi connectivity index (χ1n) is 18.5. The Hall–Kier alpha value is -5.00. The zero-order valence-electron chi connectivity index (χ0n) is 32.4. The van der Waals surface area contributed by atoms with Gasteiger partial charge in [0.1, 0.15) is 17.6 Å². The zero-order chi connectivity index (χ0) is 38.8. The first-order valence-corrected chi connectivity index (χ1v) is 18.5. The molecule has 3 atom stereocenters. The number of aliphatic imine (C=N–C) groups is 1. The fourth-order valence-corrected chi connectivity index (χ4v) is 6.65. The fraction of sp³-hybridized carbons (Fsp3) is 0.488. The predicted molar refractivity (Wildman–Crippen MR) is 208 cm³/mol. The second-order valence-electron chi connectivity index (χ2n) is 15.1. The summed E-state index contributed by atoms with van der Waals surface area (Å²) in [6, 6.07) is 14.5. The Morgan fingerprint density at radius 3 is 2.21 bits per heavy atom. The van der Waals surface area contributed by atoms with Gasteiger partial charge in [0.05, 0.1) is 25.0 Å². The van der Waals surface area contributed by atoms with Crippen molar-refractivity contribution in [1.29, 1.82) is 0 Å². The van der Waals surface area contributed by atoms with Crippen LogP contribution in [0.1, 0.15) is 78.7 Å². The van der Waals surface area contributed by atoms with E-state index in [2.05, 4.69) is 53.1 Å². The molecule has 1 fully saturated rings. The summed E-state index contributed by atoms with van der Waals surface area (Å²) in [4.78, 5) is 54.0. The van der Waals surface area contributed by atoms with E-state index in [1.165, 1.54) is 7.11 Å². The number of aromatic nitrogens is 2. The summed E-state index contributed by atoms with van der Waals surface area (Å²) >= 11 is 0. The minimum Gasteiger partial charge on any atom is -0.453 e. The quantitative estimate of drug-likeness (QED) is 0.104. The van der Waals surface area contributed by atoms with Crippen LogP contribution in [0.2, 0.25) is 0 Å². The number of nitrogens with zero attached hydrogens (tertiary/aromatic N) is 4. The average Bonchev–Trinajstić information content (AvgIpc) is 3.77. The van der Waals surface area contributed by atoms with Crippen LogP contribution in [-0.2, 0) is 14.3 Å². The summed E-state index contributed by atoms with van der Waals surface area (Å²) in [5.74, 6) is 0.745. The van der Waals surface area contributed by atoms with Gasteiger partial charge in [-0.1, -0.05) is 97.0 Å². The second-order valence-corrected chi connectivity index (χ2v) is 15.1. The molecular formula is C41H56FN7O4. The number of likely N-dealkylation sites (tertiary alicyclic amines) is 1. The molecule has 4 rings (SSSR count). The molecule has 286 valence electrons. The van der Waals surface area contributed by atoms with Gasteiger partial charge in [-0.2, -0.15) is 4.39 Å². The van der Waals surface area contributed by atoms with Gasteiger partial charge in [-0.05, 0) is 53.5 Å². The summed E-state index contributed by atoms with van der Waals surface area (Å²) in [6.07, 6.45) is 2.36. The highest BCUT2D eigenvalue weighted by molar-refractivity contribution is 5.86. The standard InChI is InChI=1S/C41H56FN7O4/c1-25(2)20-35(50)48(23-26(3)4)19-18-44-38(42)37(43-8)32-16-12-30(13-17-32)29-10-14-31(15-11-29)33-22-45-39(46-33)34-21-28(7)24-49(34)40(51)36(27(5)6)47-41(52)53-9/h10-17,22,25-28,34,36,44H,8,18-21,23-24H2,1-7,9H3,(H,45,46)(H,47,52)/b38-37-. The number of benzene rings is 2. The van der Waals surface area contributed by atoms with Crippen LogP contribution in [0.5, 0.6) is 0 Å². The molecule has 3 amide bonds. The maximum atomic E-state index is 15.3. The summed E-state index contributed by atoms with van der Waals surface area (Å²) in [5.41, 5.74) is 4.39. The molecule has 0 saturated carbocycles. The number of H-pyrrole nitrogens is 1. The highest BCUT2D eigenvalue weighted by Crippen LogP contribution is 2.36. The highest BCUT2D eigenvalue weighted by atomic mass is 19.1. The lowest BCUT2D eigenvalue weighted by Gasteiger charge is -2.30. The Labute approximate surface area is 313 Å². The molecule has 3 aromatic rings. The number of rotatable bonds is 16. The van der Waals surface area contributed by atoms with Gasteiger partial charge in [0, 0.05) is 38.2 Å². The number of carbonyl (C=O) groups is 3.